The van der Waals surface area contributed by atoms with Crippen molar-refractivity contribution in [3.8, 4) is 0 Å². The van der Waals surface area contributed by atoms with Crippen LogP contribution in [-0.2, 0) is 14.3 Å². The first-order valence-corrected chi connectivity index (χ1v) is 7.57. The van der Waals surface area contributed by atoms with Gasteiger partial charge in [0.1, 0.15) is 5.54 Å². The number of methoxy groups -OCH3 is 1. The monoisotopic (exact) mass is 286 g/mol. The van der Waals surface area contributed by atoms with Crippen molar-refractivity contribution in [3.63, 3.8) is 0 Å². The van der Waals surface area contributed by atoms with Crippen LogP contribution in [0.4, 0.5) is 0 Å². The number of hydrogen-bond donors (Lipinski definition) is 2. The molecule has 1 amide bonds. The molecule has 1 aliphatic carbocycles. The molecule has 5 nitrogen and oxygen atoms in total. The Balaban J connectivity index is 2.50. The number of hydrogen-bond acceptors (Lipinski definition) is 4. The number of likely N-dealkylation sites (N-methyl/N-ethyl adjacent to an activating group) is 1. The summed E-state index contributed by atoms with van der Waals surface area (Å²) in [5.74, 6) is -0.259. The van der Waals surface area contributed by atoms with E-state index in [-0.39, 0.29) is 17.6 Å². The lowest BCUT2D eigenvalue weighted by atomic mass is 9.79. The van der Waals surface area contributed by atoms with Crippen molar-refractivity contribution in [1.82, 2.24) is 5.32 Å². The second-order valence-corrected chi connectivity index (χ2v) is 6.28. The summed E-state index contributed by atoms with van der Waals surface area (Å²) in [7, 11) is 1.71. The van der Waals surface area contributed by atoms with Crippen molar-refractivity contribution in [2.24, 2.45) is 5.73 Å². The maximum Gasteiger partial charge on any atom is 0.237 e. The third kappa shape index (κ3) is 4.72. The third-order valence-electron chi connectivity index (χ3n) is 4.30. The fraction of sp³-hybridized carbons (Fsp3) is 0.933. The van der Waals surface area contributed by atoms with Crippen LogP contribution in [0.15, 0.2) is 0 Å². The van der Waals surface area contributed by atoms with Crippen LogP contribution < -0.4 is 11.1 Å². The Morgan fingerprint density at radius 2 is 2.20 bits per heavy atom. The summed E-state index contributed by atoms with van der Waals surface area (Å²) < 4.78 is 11.3. The van der Waals surface area contributed by atoms with Gasteiger partial charge in [0.25, 0.3) is 0 Å². The molecule has 0 saturated heterocycles. The minimum atomic E-state index is -0.589. The maximum absolute atomic E-state index is 11.8. The van der Waals surface area contributed by atoms with Gasteiger partial charge in [-0.05, 0) is 46.1 Å². The second-order valence-electron chi connectivity index (χ2n) is 6.28. The fourth-order valence-corrected chi connectivity index (χ4v) is 2.75. The van der Waals surface area contributed by atoms with Crippen molar-refractivity contribution in [3.05, 3.63) is 0 Å². The summed E-state index contributed by atoms with van der Waals surface area (Å²) in [6.07, 6.45) is 4.37. The van der Waals surface area contributed by atoms with Gasteiger partial charge in [0.15, 0.2) is 0 Å². The van der Waals surface area contributed by atoms with Crippen molar-refractivity contribution >= 4 is 5.91 Å². The van der Waals surface area contributed by atoms with E-state index in [0.717, 1.165) is 32.2 Å². The van der Waals surface area contributed by atoms with E-state index < -0.39 is 5.54 Å². The Labute approximate surface area is 122 Å². The van der Waals surface area contributed by atoms with Crippen LogP contribution in [0.1, 0.15) is 52.9 Å². The molecular formula is C15H30N2O3. The highest BCUT2D eigenvalue weighted by Crippen LogP contribution is 2.30. The largest absolute Gasteiger partial charge is 0.379 e. The second kappa shape index (κ2) is 7.38. The van der Waals surface area contributed by atoms with Gasteiger partial charge < -0.3 is 20.5 Å². The molecule has 0 aromatic heterocycles. The van der Waals surface area contributed by atoms with E-state index in [1.54, 1.807) is 7.11 Å². The molecule has 0 bridgehead atoms. The molecule has 0 heterocycles. The van der Waals surface area contributed by atoms with Gasteiger partial charge in [-0.3, -0.25) is 4.79 Å². The number of carbonyl (C=O) groups excluding carboxylic acids is 1. The Bertz CT molecular complexity index is 316. The molecule has 0 aromatic carbocycles. The maximum atomic E-state index is 11.8. The lowest BCUT2D eigenvalue weighted by Crippen LogP contribution is -2.58. The smallest absolute Gasteiger partial charge is 0.237 e. The molecule has 1 saturated carbocycles. The number of nitrogens with two attached hydrogens (primary N) is 1. The lowest BCUT2D eigenvalue weighted by molar-refractivity contribution is -0.128. The average molecular weight is 286 g/mol. The van der Waals surface area contributed by atoms with Crippen LogP contribution in [-0.4, -0.2) is 43.4 Å². The van der Waals surface area contributed by atoms with E-state index in [4.69, 9.17) is 15.2 Å². The van der Waals surface area contributed by atoms with Crippen LogP contribution >= 0.6 is 0 Å². The van der Waals surface area contributed by atoms with Gasteiger partial charge in [-0.2, -0.15) is 0 Å². The summed E-state index contributed by atoms with van der Waals surface area (Å²) in [4.78, 5) is 11.8. The molecule has 0 spiro atoms. The number of carbonyl (C=O) groups is 1. The normalized spacial score (nSPS) is 27.5. The van der Waals surface area contributed by atoms with Gasteiger partial charge in [0.2, 0.25) is 5.91 Å². The van der Waals surface area contributed by atoms with E-state index in [2.05, 4.69) is 5.32 Å². The number of ether oxygens (including phenoxy) is 2. The Hall–Kier alpha value is -0.650. The quantitative estimate of drug-likeness (QED) is 0.711. The summed E-state index contributed by atoms with van der Waals surface area (Å²) in [5, 5.41) is 3.27. The number of amides is 1. The molecule has 2 atom stereocenters. The van der Waals surface area contributed by atoms with E-state index in [0.29, 0.717) is 13.0 Å². The van der Waals surface area contributed by atoms with Gasteiger partial charge in [0.05, 0.1) is 11.7 Å². The molecule has 118 valence electrons. The zero-order chi connectivity index (χ0) is 15.2. The van der Waals surface area contributed by atoms with Crippen molar-refractivity contribution < 1.29 is 14.3 Å². The highest BCUT2D eigenvalue weighted by Gasteiger charge is 2.41. The van der Waals surface area contributed by atoms with E-state index in [1.807, 2.05) is 20.8 Å². The molecule has 5 heteroatoms. The highest BCUT2D eigenvalue weighted by atomic mass is 16.5. The standard InChI is InChI=1S/C15H30N2O3/c1-5-17-15(13(16)18)8-6-7-12(11-15)20-10-9-14(2,3)19-4/h12,17H,5-11H2,1-4H3,(H2,16,18). The summed E-state index contributed by atoms with van der Waals surface area (Å²) in [6, 6.07) is 0. The molecule has 1 fully saturated rings. The Kier molecular flexibility index (Phi) is 6.43. The summed E-state index contributed by atoms with van der Waals surface area (Å²) >= 11 is 0. The predicted octanol–water partition coefficient (Wildman–Crippen LogP) is 1.59. The fourth-order valence-electron chi connectivity index (χ4n) is 2.75. The first-order valence-electron chi connectivity index (χ1n) is 7.57. The van der Waals surface area contributed by atoms with Crippen LogP contribution in [0.25, 0.3) is 0 Å². The van der Waals surface area contributed by atoms with Crippen molar-refractivity contribution in [1.29, 1.82) is 0 Å². The van der Waals surface area contributed by atoms with Crippen LogP contribution in [0.2, 0.25) is 0 Å². The SMILES string of the molecule is CCNC1(C(N)=O)CCCC(OCCC(C)(C)OC)C1. The molecule has 0 aliphatic heterocycles. The van der Waals surface area contributed by atoms with Crippen molar-refractivity contribution in [2.75, 3.05) is 20.3 Å². The zero-order valence-electron chi connectivity index (χ0n) is 13.3. The minimum Gasteiger partial charge on any atom is -0.379 e. The van der Waals surface area contributed by atoms with Gasteiger partial charge in [-0.15, -0.1) is 0 Å². The molecule has 0 radical (unpaired) electrons. The molecule has 0 aromatic rings. The van der Waals surface area contributed by atoms with Crippen LogP contribution in [0, 0.1) is 0 Å². The van der Waals surface area contributed by atoms with Gasteiger partial charge in [0, 0.05) is 20.1 Å². The predicted molar refractivity (Wildman–Crippen MR) is 79.5 cm³/mol. The minimum absolute atomic E-state index is 0.1000. The van der Waals surface area contributed by atoms with Crippen LogP contribution in [0.3, 0.4) is 0 Å². The highest BCUT2D eigenvalue weighted by molar-refractivity contribution is 5.84. The van der Waals surface area contributed by atoms with Gasteiger partial charge in [-0.1, -0.05) is 6.92 Å². The zero-order valence-corrected chi connectivity index (χ0v) is 13.3. The van der Waals surface area contributed by atoms with Crippen LogP contribution in [0.5, 0.6) is 0 Å². The molecule has 1 aliphatic rings. The first-order chi connectivity index (χ1) is 9.35. The Morgan fingerprint density at radius 1 is 1.50 bits per heavy atom. The van der Waals surface area contributed by atoms with E-state index in [9.17, 15) is 4.79 Å². The summed E-state index contributed by atoms with van der Waals surface area (Å²) in [6.45, 7) is 7.47. The van der Waals surface area contributed by atoms with Crippen molar-refractivity contribution in [2.45, 2.75) is 70.1 Å². The Morgan fingerprint density at radius 3 is 2.75 bits per heavy atom. The first kappa shape index (κ1) is 17.4. The molecule has 20 heavy (non-hydrogen) atoms. The van der Waals surface area contributed by atoms with Gasteiger partial charge in [-0.25, -0.2) is 0 Å². The number of primary amides is 1. The summed E-state index contributed by atoms with van der Waals surface area (Å²) in [5.41, 5.74) is 4.83. The molecule has 2 unspecified atom stereocenters. The average Bonchev–Trinajstić information content (AvgIpc) is 2.39. The molecule has 1 rings (SSSR count). The number of rotatable bonds is 8. The van der Waals surface area contributed by atoms with E-state index in [1.165, 1.54) is 0 Å². The third-order valence-corrected chi connectivity index (χ3v) is 4.30. The molecule has 3 N–H and O–H groups in total. The number of nitrogens with one attached hydrogen (secondary N) is 1. The van der Waals surface area contributed by atoms with Gasteiger partial charge >= 0.3 is 0 Å². The lowest BCUT2D eigenvalue weighted by Gasteiger charge is -2.39. The topological polar surface area (TPSA) is 73.6 Å². The molecular weight excluding hydrogens is 256 g/mol. The van der Waals surface area contributed by atoms with E-state index >= 15 is 0 Å².